The van der Waals surface area contributed by atoms with Gasteiger partial charge in [0.15, 0.2) is 0 Å². The Morgan fingerprint density at radius 3 is 2.16 bits per heavy atom. The third-order valence-electron chi connectivity index (χ3n) is 9.95. The quantitative estimate of drug-likeness (QED) is 0.469. The molecule has 43 heavy (non-hydrogen) atoms. The number of nitrogens with zero attached hydrogens (tertiary/aromatic N) is 3. The molecule has 2 saturated heterocycles. The number of carbonyl (C=O) groups is 3. The van der Waals surface area contributed by atoms with Crippen molar-refractivity contribution in [1.82, 2.24) is 9.80 Å². The maximum absolute atomic E-state index is 14.9. The molecule has 1 aromatic rings. The zero-order valence-corrected chi connectivity index (χ0v) is 27.0. The predicted molar refractivity (Wildman–Crippen MR) is 167 cm³/mol. The third-order valence-corrected chi connectivity index (χ3v) is 9.95. The van der Waals surface area contributed by atoms with Crippen molar-refractivity contribution in [3.05, 3.63) is 54.6 Å². The summed E-state index contributed by atoms with van der Waals surface area (Å²) in [4.78, 5) is 49.6. The summed E-state index contributed by atoms with van der Waals surface area (Å²) in [6, 6.07) is 7.87. The van der Waals surface area contributed by atoms with E-state index in [1.165, 1.54) is 0 Å². The molecule has 1 N–H and O–H groups in total. The molecule has 0 aliphatic carbocycles. The molecule has 3 amide bonds. The van der Waals surface area contributed by atoms with Crippen molar-refractivity contribution >= 4 is 23.4 Å². The lowest BCUT2D eigenvalue weighted by Crippen LogP contribution is -2.62. The van der Waals surface area contributed by atoms with Crippen LogP contribution in [0.4, 0.5) is 5.69 Å². The Bertz CT molecular complexity index is 1310. The van der Waals surface area contributed by atoms with Crippen LogP contribution in [-0.2, 0) is 19.1 Å². The molecule has 8 heteroatoms. The number of carbonyl (C=O) groups excluding carboxylic acids is 3. The van der Waals surface area contributed by atoms with E-state index < -0.39 is 40.7 Å². The smallest absolute Gasteiger partial charge is 0.249 e. The molecule has 4 aliphatic heterocycles. The molecule has 1 unspecified atom stereocenters. The van der Waals surface area contributed by atoms with Gasteiger partial charge in [0.2, 0.25) is 17.7 Å². The Kier molecular flexibility index (Phi) is 7.96. The van der Waals surface area contributed by atoms with Gasteiger partial charge in [-0.2, -0.15) is 0 Å². The Balaban J connectivity index is 1.69. The lowest BCUT2D eigenvalue weighted by atomic mass is 9.72. The van der Waals surface area contributed by atoms with Crippen LogP contribution in [0.15, 0.2) is 54.6 Å². The first kappa shape index (κ1) is 31.5. The van der Waals surface area contributed by atoms with Gasteiger partial charge in [-0.15, -0.1) is 0 Å². The fourth-order valence-corrected chi connectivity index (χ4v) is 8.45. The minimum absolute atomic E-state index is 0.0435. The maximum Gasteiger partial charge on any atom is 0.249 e. The Morgan fingerprint density at radius 1 is 0.930 bits per heavy atom. The van der Waals surface area contributed by atoms with Crippen molar-refractivity contribution in [1.29, 1.82) is 0 Å². The number of amides is 3. The van der Waals surface area contributed by atoms with Gasteiger partial charge in [-0.1, -0.05) is 84.0 Å². The summed E-state index contributed by atoms with van der Waals surface area (Å²) >= 11 is 0. The molecule has 1 aromatic carbocycles. The second kappa shape index (κ2) is 10.9. The normalized spacial score (nSPS) is 31.7. The number of hydrogen-bond acceptors (Lipinski definition) is 5. The van der Waals surface area contributed by atoms with Crippen LogP contribution in [0.25, 0.3) is 0 Å². The van der Waals surface area contributed by atoms with Crippen molar-refractivity contribution in [2.24, 2.45) is 23.2 Å². The number of likely N-dealkylation sites (tertiary alicyclic amines) is 1. The predicted octanol–water partition coefficient (Wildman–Crippen LogP) is 4.58. The van der Waals surface area contributed by atoms with Crippen LogP contribution in [0.1, 0.15) is 68.2 Å². The monoisotopic (exact) mass is 591 g/mol. The van der Waals surface area contributed by atoms with Gasteiger partial charge < -0.3 is 24.5 Å². The van der Waals surface area contributed by atoms with E-state index in [1.54, 1.807) is 9.80 Å². The summed E-state index contributed by atoms with van der Waals surface area (Å²) in [6.07, 6.45) is 8.98. The number of fused-ring (bicyclic) bond motifs is 2. The maximum atomic E-state index is 14.9. The average molecular weight is 592 g/mol. The molecule has 234 valence electrons. The number of rotatable bonds is 7. The number of ether oxygens (including phenoxy) is 1. The fourth-order valence-electron chi connectivity index (χ4n) is 8.45. The molecule has 0 radical (unpaired) electrons. The van der Waals surface area contributed by atoms with Gasteiger partial charge in [0.05, 0.1) is 30.1 Å². The van der Waals surface area contributed by atoms with Crippen LogP contribution in [-0.4, -0.2) is 81.1 Å². The second-order valence-electron chi connectivity index (χ2n) is 14.9. The van der Waals surface area contributed by atoms with Crippen LogP contribution in [0.2, 0.25) is 0 Å². The molecule has 1 spiro atoms. The van der Waals surface area contributed by atoms with E-state index in [-0.39, 0.29) is 35.7 Å². The molecule has 5 rings (SSSR count). The van der Waals surface area contributed by atoms with Crippen molar-refractivity contribution in [2.45, 2.75) is 97.1 Å². The van der Waals surface area contributed by atoms with E-state index in [9.17, 15) is 19.5 Å². The van der Waals surface area contributed by atoms with Gasteiger partial charge in [0, 0.05) is 24.3 Å². The lowest BCUT2D eigenvalue weighted by molar-refractivity contribution is -0.160. The third kappa shape index (κ3) is 4.95. The molecular weight excluding hydrogens is 542 g/mol. The standard InChI is InChI=1S/C35H49N3O5/c1-9-34-17-13-19-36(24-15-11-10-12-16-24)29(40)26(34)27-30(41)38(25(21-39)23(2)3)28-31(42)37(20-14-18-35(27,28)43-34)33(7,8)22-32(4,5)6/h10-18,23,25-28,39H,9,19-22H2,1-8H3/t25-,26-,27-,28?,34+,35-/m0/s1. The SMILES string of the molecule is CC[C@@]12C=CCN(c3ccccc3)C(=O)[C@@H]1[C@H]1C(=O)N([C@@H](CO)C(C)C)C3C(=O)N(C(C)(C)CC(C)(C)C)CC=C[C@@]31O2. The van der Waals surface area contributed by atoms with Gasteiger partial charge in [-0.3, -0.25) is 14.4 Å². The van der Waals surface area contributed by atoms with Crippen molar-refractivity contribution in [3.63, 3.8) is 0 Å². The van der Waals surface area contributed by atoms with Gasteiger partial charge in [0.25, 0.3) is 0 Å². The van der Waals surface area contributed by atoms with E-state index >= 15 is 0 Å². The highest BCUT2D eigenvalue weighted by atomic mass is 16.5. The van der Waals surface area contributed by atoms with E-state index in [4.69, 9.17) is 4.74 Å². The van der Waals surface area contributed by atoms with Crippen LogP contribution in [0.3, 0.4) is 0 Å². The highest BCUT2D eigenvalue weighted by Crippen LogP contribution is 2.59. The van der Waals surface area contributed by atoms with Crippen molar-refractivity contribution < 1.29 is 24.2 Å². The van der Waals surface area contributed by atoms with E-state index in [0.717, 1.165) is 12.1 Å². The highest BCUT2D eigenvalue weighted by molar-refractivity contribution is 6.04. The second-order valence-corrected chi connectivity index (χ2v) is 14.9. The molecule has 2 fully saturated rings. The largest absolute Gasteiger partial charge is 0.394 e. The lowest BCUT2D eigenvalue weighted by Gasteiger charge is -2.46. The van der Waals surface area contributed by atoms with Crippen LogP contribution in [0, 0.1) is 23.2 Å². The minimum atomic E-state index is -1.36. The summed E-state index contributed by atoms with van der Waals surface area (Å²) in [5.74, 6) is -2.57. The summed E-state index contributed by atoms with van der Waals surface area (Å²) in [5.41, 5.74) is -2.22. The van der Waals surface area contributed by atoms with E-state index in [2.05, 4.69) is 34.6 Å². The van der Waals surface area contributed by atoms with Crippen LogP contribution >= 0.6 is 0 Å². The summed E-state index contributed by atoms with van der Waals surface area (Å²) in [5, 5.41) is 10.6. The number of aliphatic hydroxyl groups is 1. The highest BCUT2D eigenvalue weighted by Gasteiger charge is 2.76. The average Bonchev–Trinajstić information content (AvgIpc) is 3.20. The number of aliphatic hydroxyl groups excluding tert-OH is 1. The summed E-state index contributed by atoms with van der Waals surface area (Å²) < 4.78 is 7.13. The van der Waals surface area contributed by atoms with Crippen molar-refractivity contribution in [2.75, 3.05) is 24.6 Å². The molecule has 0 aromatic heterocycles. The molecule has 0 saturated carbocycles. The Hall–Kier alpha value is -2.97. The van der Waals surface area contributed by atoms with Gasteiger partial charge >= 0.3 is 0 Å². The number of para-hydroxylation sites is 1. The molecule has 4 aliphatic rings. The van der Waals surface area contributed by atoms with E-state index in [1.807, 2.05) is 80.3 Å². The summed E-state index contributed by atoms with van der Waals surface area (Å²) in [6.45, 7) is 16.9. The van der Waals surface area contributed by atoms with E-state index in [0.29, 0.717) is 19.5 Å². The first-order valence-electron chi connectivity index (χ1n) is 15.8. The number of hydrogen-bond donors (Lipinski definition) is 1. The van der Waals surface area contributed by atoms with Gasteiger partial charge in [0.1, 0.15) is 11.6 Å². The molecule has 8 nitrogen and oxygen atoms in total. The van der Waals surface area contributed by atoms with Gasteiger partial charge in [-0.05, 0) is 50.2 Å². The topological polar surface area (TPSA) is 90.4 Å². The Labute approximate surface area is 256 Å². The fraction of sp³-hybridized carbons (Fsp3) is 0.629. The van der Waals surface area contributed by atoms with Crippen LogP contribution in [0.5, 0.6) is 0 Å². The van der Waals surface area contributed by atoms with Crippen LogP contribution < -0.4 is 4.90 Å². The molecule has 0 bridgehead atoms. The minimum Gasteiger partial charge on any atom is -0.394 e. The Morgan fingerprint density at radius 2 is 1.58 bits per heavy atom. The molecule has 4 heterocycles. The van der Waals surface area contributed by atoms with Gasteiger partial charge in [-0.25, -0.2) is 0 Å². The zero-order valence-electron chi connectivity index (χ0n) is 27.0. The number of benzene rings is 1. The first-order chi connectivity index (χ1) is 20.1. The first-order valence-corrected chi connectivity index (χ1v) is 15.8. The van der Waals surface area contributed by atoms with Crippen molar-refractivity contribution in [3.8, 4) is 0 Å². The molecule has 6 atom stereocenters. The molecular formula is C35H49N3O5. The zero-order chi connectivity index (χ0) is 31.5. The summed E-state index contributed by atoms with van der Waals surface area (Å²) in [7, 11) is 0. The number of anilines is 1.